The molecule has 0 fully saturated rings. The molecular formula is C16H18N6O5S. The van der Waals surface area contributed by atoms with Gasteiger partial charge in [-0.05, 0) is 45.0 Å². The number of furan rings is 1. The SMILES string of the molecule is CC(C)(C)NS(=O)(=O)c1ccc(C(=O)NNc2nc(-c3ccncc3)no2)o1. The first-order valence-electron chi connectivity index (χ1n) is 8.08. The molecule has 28 heavy (non-hydrogen) atoms. The van der Waals surface area contributed by atoms with Crippen LogP contribution < -0.4 is 15.6 Å². The molecule has 0 aliphatic carbocycles. The average Bonchev–Trinajstić information content (AvgIpc) is 3.28. The highest BCUT2D eigenvalue weighted by molar-refractivity contribution is 7.89. The van der Waals surface area contributed by atoms with Gasteiger partial charge in [0.1, 0.15) is 0 Å². The summed E-state index contributed by atoms with van der Waals surface area (Å²) in [5.74, 6) is -0.629. The summed E-state index contributed by atoms with van der Waals surface area (Å²) in [6, 6.07) is 5.77. The molecule has 0 aliphatic rings. The number of nitrogens with zero attached hydrogens (tertiary/aromatic N) is 3. The van der Waals surface area contributed by atoms with Crippen molar-refractivity contribution in [3.63, 3.8) is 0 Å². The Morgan fingerprint density at radius 2 is 1.82 bits per heavy atom. The van der Waals surface area contributed by atoms with Gasteiger partial charge in [0.15, 0.2) is 5.76 Å². The van der Waals surface area contributed by atoms with E-state index in [9.17, 15) is 13.2 Å². The van der Waals surface area contributed by atoms with Crippen molar-refractivity contribution in [2.45, 2.75) is 31.4 Å². The van der Waals surface area contributed by atoms with Gasteiger partial charge in [0.25, 0.3) is 10.0 Å². The maximum absolute atomic E-state index is 12.2. The molecule has 0 aliphatic heterocycles. The van der Waals surface area contributed by atoms with Crippen molar-refractivity contribution < 1.29 is 22.2 Å². The molecule has 0 radical (unpaired) electrons. The minimum Gasteiger partial charge on any atom is -0.438 e. The third-order valence-electron chi connectivity index (χ3n) is 3.16. The third-order valence-corrected chi connectivity index (χ3v) is 4.79. The van der Waals surface area contributed by atoms with E-state index in [-0.39, 0.29) is 16.9 Å². The van der Waals surface area contributed by atoms with E-state index < -0.39 is 21.5 Å². The first kappa shape index (κ1) is 19.5. The lowest BCUT2D eigenvalue weighted by atomic mass is 10.1. The molecule has 0 aromatic carbocycles. The van der Waals surface area contributed by atoms with Crippen molar-refractivity contribution in [1.82, 2.24) is 25.3 Å². The van der Waals surface area contributed by atoms with Crippen molar-refractivity contribution in [1.29, 1.82) is 0 Å². The Hall–Kier alpha value is -3.25. The van der Waals surface area contributed by atoms with Crippen LogP contribution in [-0.4, -0.2) is 35.0 Å². The van der Waals surface area contributed by atoms with Gasteiger partial charge in [0, 0.05) is 23.5 Å². The lowest BCUT2D eigenvalue weighted by Crippen LogP contribution is -2.40. The number of anilines is 1. The van der Waals surface area contributed by atoms with Crippen LogP contribution in [0.3, 0.4) is 0 Å². The largest absolute Gasteiger partial charge is 0.438 e. The van der Waals surface area contributed by atoms with Gasteiger partial charge in [-0.15, -0.1) is 0 Å². The van der Waals surface area contributed by atoms with Crippen LogP contribution in [0.25, 0.3) is 11.4 Å². The van der Waals surface area contributed by atoms with E-state index in [4.69, 9.17) is 8.94 Å². The Morgan fingerprint density at radius 3 is 2.50 bits per heavy atom. The third kappa shape index (κ3) is 4.72. The van der Waals surface area contributed by atoms with E-state index in [1.807, 2.05) is 0 Å². The molecule has 3 aromatic heterocycles. The molecule has 3 aromatic rings. The zero-order chi connectivity index (χ0) is 20.4. The molecule has 1 amide bonds. The Kier molecular flexibility index (Phi) is 5.16. The number of hydrogen-bond donors (Lipinski definition) is 3. The van der Waals surface area contributed by atoms with Gasteiger partial charge in [0.05, 0.1) is 0 Å². The molecule has 0 saturated heterocycles. The topological polar surface area (TPSA) is 152 Å². The van der Waals surface area contributed by atoms with E-state index in [1.54, 1.807) is 45.3 Å². The van der Waals surface area contributed by atoms with Crippen LogP contribution >= 0.6 is 0 Å². The molecule has 12 heteroatoms. The highest BCUT2D eigenvalue weighted by Crippen LogP contribution is 2.17. The first-order chi connectivity index (χ1) is 13.1. The predicted octanol–water partition coefficient (Wildman–Crippen LogP) is 1.56. The molecule has 0 unspecified atom stereocenters. The number of rotatable bonds is 6. The summed E-state index contributed by atoms with van der Waals surface area (Å²) in [5, 5.41) is 3.40. The fraction of sp³-hybridized carbons (Fsp3) is 0.250. The van der Waals surface area contributed by atoms with Gasteiger partial charge >= 0.3 is 11.9 Å². The van der Waals surface area contributed by atoms with Crippen LogP contribution in [0.15, 0.2) is 50.7 Å². The smallest absolute Gasteiger partial charge is 0.340 e. The predicted molar refractivity (Wildman–Crippen MR) is 97.4 cm³/mol. The highest BCUT2D eigenvalue weighted by Gasteiger charge is 2.26. The molecule has 11 nitrogen and oxygen atoms in total. The second-order valence-corrected chi connectivity index (χ2v) is 8.33. The van der Waals surface area contributed by atoms with Crippen LogP contribution in [0.4, 0.5) is 6.01 Å². The number of carbonyl (C=O) groups excluding carboxylic acids is 1. The number of hydrazine groups is 1. The zero-order valence-electron chi connectivity index (χ0n) is 15.3. The number of nitrogens with one attached hydrogen (secondary N) is 3. The molecular weight excluding hydrogens is 388 g/mol. The molecule has 0 atom stereocenters. The molecule has 3 N–H and O–H groups in total. The first-order valence-corrected chi connectivity index (χ1v) is 9.57. The summed E-state index contributed by atoms with van der Waals surface area (Å²) in [4.78, 5) is 20.1. The summed E-state index contributed by atoms with van der Waals surface area (Å²) < 4.78 is 37.0. The standard InChI is InChI=1S/C16H18N6O5S/c1-16(2,3)22-28(24,25)12-5-4-11(26-12)14(23)19-20-15-18-13(21-27-15)10-6-8-17-9-7-10/h4-9,22H,1-3H3,(H,19,23)(H,18,20,21). The molecule has 0 bridgehead atoms. The number of pyridine rings is 1. The Labute approximate surface area is 160 Å². The van der Waals surface area contributed by atoms with E-state index in [0.29, 0.717) is 11.4 Å². The van der Waals surface area contributed by atoms with Crippen LogP contribution in [-0.2, 0) is 10.0 Å². The summed E-state index contributed by atoms with van der Waals surface area (Å²) in [7, 11) is -3.89. The van der Waals surface area contributed by atoms with Crippen LogP contribution in [0.2, 0.25) is 0 Å². The summed E-state index contributed by atoms with van der Waals surface area (Å²) >= 11 is 0. The van der Waals surface area contributed by atoms with Crippen molar-refractivity contribution in [3.05, 3.63) is 42.4 Å². The molecule has 3 rings (SSSR count). The minimum absolute atomic E-state index is 0.0611. The second-order valence-electron chi connectivity index (χ2n) is 6.71. The van der Waals surface area contributed by atoms with Crippen LogP contribution in [0.1, 0.15) is 31.3 Å². The maximum Gasteiger partial charge on any atom is 0.340 e. The monoisotopic (exact) mass is 406 g/mol. The van der Waals surface area contributed by atoms with Gasteiger partial charge in [-0.1, -0.05) is 5.16 Å². The quantitative estimate of drug-likeness (QED) is 0.518. The van der Waals surface area contributed by atoms with E-state index in [2.05, 4.69) is 30.7 Å². The lowest BCUT2D eigenvalue weighted by Gasteiger charge is -2.18. The number of hydrogen-bond acceptors (Lipinski definition) is 9. The van der Waals surface area contributed by atoms with Gasteiger partial charge < -0.3 is 8.94 Å². The van der Waals surface area contributed by atoms with Crippen LogP contribution in [0.5, 0.6) is 0 Å². The zero-order valence-corrected chi connectivity index (χ0v) is 16.1. The van der Waals surface area contributed by atoms with Crippen molar-refractivity contribution >= 4 is 21.9 Å². The van der Waals surface area contributed by atoms with E-state index >= 15 is 0 Å². The highest BCUT2D eigenvalue weighted by atomic mass is 32.2. The molecule has 0 spiro atoms. The van der Waals surface area contributed by atoms with Gasteiger partial charge in [-0.25, -0.2) is 18.6 Å². The summed E-state index contributed by atoms with van der Waals surface area (Å²) in [6.45, 7) is 5.07. The van der Waals surface area contributed by atoms with Gasteiger partial charge in [0.2, 0.25) is 10.9 Å². The van der Waals surface area contributed by atoms with Gasteiger partial charge in [-0.3, -0.25) is 15.2 Å². The number of amides is 1. The normalized spacial score (nSPS) is 12.0. The number of carbonyl (C=O) groups is 1. The number of aromatic nitrogens is 3. The fourth-order valence-electron chi connectivity index (χ4n) is 2.10. The Bertz CT molecular complexity index is 1070. The van der Waals surface area contributed by atoms with E-state index in [1.165, 1.54) is 12.1 Å². The lowest BCUT2D eigenvalue weighted by molar-refractivity contribution is 0.0928. The maximum atomic E-state index is 12.2. The average molecular weight is 406 g/mol. The summed E-state index contributed by atoms with van der Waals surface area (Å²) in [6.07, 6.45) is 3.16. The fourth-order valence-corrected chi connectivity index (χ4v) is 3.46. The number of sulfonamides is 1. The van der Waals surface area contributed by atoms with Crippen molar-refractivity contribution in [2.75, 3.05) is 5.43 Å². The van der Waals surface area contributed by atoms with Crippen molar-refractivity contribution in [2.24, 2.45) is 0 Å². The van der Waals surface area contributed by atoms with Crippen molar-refractivity contribution in [3.8, 4) is 11.4 Å². The molecule has 3 heterocycles. The Balaban J connectivity index is 1.64. The van der Waals surface area contributed by atoms with Crippen LogP contribution in [0, 0.1) is 0 Å². The molecule has 148 valence electrons. The second kappa shape index (κ2) is 7.40. The Morgan fingerprint density at radius 1 is 1.11 bits per heavy atom. The summed E-state index contributed by atoms with van der Waals surface area (Å²) in [5.41, 5.74) is 4.72. The van der Waals surface area contributed by atoms with E-state index in [0.717, 1.165) is 0 Å². The minimum atomic E-state index is -3.89. The van der Waals surface area contributed by atoms with Gasteiger partial charge in [-0.2, -0.15) is 4.98 Å². The molecule has 0 saturated carbocycles.